The first-order chi connectivity index (χ1) is 9.33. The predicted molar refractivity (Wildman–Crippen MR) is 73.0 cm³/mol. The topological polar surface area (TPSA) is 41.6 Å². The van der Waals surface area contributed by atoms with Gasteiger partial charge in [-0.05, 0) is 12.1 Å². The number of para-hydroxylation sites is 1. The summed E-state index contributed by atoms with van der Waals surface area (Å²) in [5.74, 6) is 1.46. The Morgan fingerprint density at radius 2 is 1.84 bits per heavy atom. The van der Waals surface area contributed by atoms with Crippen LogP contribution in [0.2, 0.25) is 0 Å². The highest BCUT2D eigenvalue weighted by atomic mass is 16.5. The molecule has 2 fully saturated rings. The van der Waals surface area contributed by atoms with E-state index in [-0.39, 0.29) is 12.0 Å². The number of nitrogens with one attached hydrogen (secondary N) is 1. The molecule has 19 heavy (non-hydrogen) atoms. The molecule has 0 aromatic heterocycles. The van der Waals surface area contributed by atoms with E-state index in [9.17, 15) is 4.79 Å². The number of nitrogens with zero attached hydrogens (tertiary/aromatic N) is 1. The Morgan fingerprint density at radius 1 is 1.16 bits per heavy atom. The molecule has 0 unspecified atom stereocenters. The van der Waals surface area contributed by atoms with E-state index in [1.54, 1.807) is 0 Å². The van der Waals surface area contributed by atoms with Crippen molar-refractivity contribution < 1.29 is 9.53 Å². The van der Waals surface area contributed by atoms with Crippen molar-refractivity contribution in [3.8, 4) is 5.75 Å². The van der Waals surface area contributed by atoms with Gasteiger partial charge in [0, 0.05) is 39.0 Å². The maximum absolute atomic E-state index is 12.1. The van der Waals surface area contributed by atoms with Crippen LogP contribution in [0.3, 0.4) is 0 Å². The van der Waals surface area contributed by atoms with E-state index in [0.29, 0.717) is 5.91 Å². The smallest absolute Gasteiger partial charge is 0.228 e. The molecule has 0 aliphatic carbocycles. The normalized spacial score (nSPS) is 20.9. The van der Waals surface area contributed by atoms with Crippen LogP contribution in [0.5, 0.6) is 5.75 Å². The lowest BCUT2D eigenvalue weighted by Crippen LogP contribution is -2.54. The molecule has 1 aromatic carbocycles. The third-order valence-corrected chi connectivity index (χ3v) is 3.93. The average Bonchev–Trinajstić information content (AvgIpc) is 2.39. The van der Waals surface area contributed by atoms with E-state index in [1.807, 2.05) is 35.2 Å². The van der Waals surface area contributed by atoms with E-state index in [4.69, 9.17) is 4.74 Å². The Hall–Kier alpha value is -1.55. The molecule has 2 heterocycles. The van der Waals surface area contributed by atoms with Gasteiger partial charge in [0.25, 0.3) is 0 Å². The second kappa shape index (κ2) is 5.61. The zero-order valence-electron chi connectivity index (χ0n) is 11.0. The summed E-state index contributed by atoms with van der Waals surface area (Å²) in [7, 11) is 0. The van der Waals surface area contributed by atoms with Crippen LogP contribution in [0, 0.1) is 5.92 Å². The Kier molecular flexibility index (Phi) is 3.69. The Labute approximate surface area is 113 Å². The van der Waals surface area contributed by atoms with Crippen LogP contribution < -0.4 is 10.1 Å². The molecule has 0 atom stereocenters. The van der Waals surface area contributed by atoms with Crippen LogP contribution in [0.25, 0.3) is 0 Å². The van der Waals surface area contributed by atoms with Gasteiger partial charge in [-0.2, -0.15) is 0 Å². The van der Waals surface area contributed by atoms with Crippen LogP contribution >= 0.6 is 0 Å². The predicted octanol–water partition coefficient (Wildman–Crippen LogP) is 1.28. The number of piperidine rings is 1. The zero-order chi connectivity index (χ0) is 13.1. The van der Waals surface area contributed by atoms with Gasteiger partial charge >= 0.3 is 0 Å². The maximum atomic E-state index is 12.1. The van der Waals surface area contributed by atoms with Gasteiger partial charge in [0.15, 0.2) is 0 Å². The minimum absolute atomic E-state index is 0.214. The number of carbonyl (C=O) groups is 1. The highest BCUT2D eigenvalue weighted by Gasteiger charge is 2.31. The van der Waals surface area contributed by atoms with Gasteiger partial charge in [-0.3, -0.25) is 4.79 Å². The number of amides is 1. The van der Waals surface area contributed by atoms with Gasteiger partial charge in [-0.15, -0.1) is 0 Å². The number of rotatable bonds is 3. The molecule has 0 bridgehead atoms. The molecular formula is C15H20N2O2. The fourth-order valence-electron chi connectivity index (χ4n) is 2.61. The van der Waals surface area contributed by atoms with Crippen molar-refractivity contribution in [2.24, 2.45) is 5.92 Å². The zero-order valence-corrected chi connectivity index (χ0v) is 11.0. The quantitative estimate of drug-likeness (QED) is 0.890. The molecule has 0 saturated carbocycles. The monoisotopic (exact) mass is 260 g/mol. The van der Waals surface area contributed by atoms with E-state index < -0.39 is 0 Å². The fourth-order valence-corrected chi connectivity index (χ4v) is 2.61. The third kappa shape index (κ3) is 2.89. The molecule has 2 aliphatic rings. The molecule has 4 nitrogen and oxygen atoms in total. The van der Waals surface area contributed by atoms with Gasteiger partial charge in [-0.1, -0.05) is 18.2 Å². The number of carbonyl (C=O) groups excluding carboxylic acids is 1. The number of ether oxygens (including phenoxy) is 1. The van der Waals surface area contributed by atoms with Gasteiger partial charge in [0.05, 0.1) is 5.92 Å². The maximum Gasteiger partial charge on any atom is 0.228 e. The Balaban J connectivity index is 1.48. The molecule has 1 amide bonds. The summed E-state index contributed by atoms with van der Waals surface area (Å²) < 4.78 is 5.93. The molecule has 2 aliphatic heterocycles. The van der Waals surface area contributed by atoms with E-state index in [1.165, 1.54) is 0 Å². The van der Waals surface area contributed by atoms with Crippen LogP contribution in [0.4, 0.5) is 0 Å². The fraction of sp³-hybridized carbons (Fsp3) is 0.533. The van der Waals surface area contributed by atoms with Crippen molar-refractivity contribution in [2.75, 3.05) is 26.2 Å². The number of hydrogen-bond acceptors (Lipinski definition) is 3. The van der Waals surface area contributed by atoms with Gasteiger partial charge in [-0.25, -0.2) is 0 Å². The Bertz CT molecular complexity index is 423. The molecule has 0 radical (unpaired) electrons. The first kappa shape index (κ1) is 12.5. The summed E-state index contributed by atoms with van der Waals surface area (Å²) in [6, 6.07) is 9.92. The summed E-state index contributed by atoms with van der Waals surface area (Å²) >= 11 is 0. The van der Waals surface area contributed by atoms with E-state index >= 15 is 0 Å². The second-order valence-corrected chi connectivity index (χ2v) is 5.31. The van der Waals surface area contributed by atoms with E-state index in [2.05, 4.69) is 5.32 Å². The summed E-state index contributed by atoms with van der Waals surface area (Å²) in [6.07, 6.45) is 2.10. The Morgan fingerprint density at radius 3 is 2.42 bits per heavy atom. The summed E-state index contributed by atoms with van der Waals surface area (Å²) in [6.45, 7) is 3.35. The molecule has 1 N–H and O–H groups in total. The van der Waals surface area contributed by atoms with Gasteiger partial charge < -0.3 is 15.0 Å². The SMILES string of the molecule is O=C(C1CNC1)N1CCC(Oc2ccccc2)CC1. The third-order valence-electron chi connectivity index (χ3n) is 3.93. The van der Waals surface area contributed by atoms with Crippen LogP contribution in [0.1, 0.15) is 12.8 Å². The first-order valence-electron chi connectivity index (χ1n) is 7.04. The van der Waals surface area contributed by atoms with Crippen LogP contribution in [0.15, 0.2) is 30.3 Å². The van der Waals surface area contributed by atoms with Gasteiger partial charge in [0.1, 0.15) is 11.9 Å². The van der Waals surface area contributed by atoms with Crippen molar-refractivity contribution >= 4 is 5.91 Å². The summed E-state index contributed by atoms with van der Waals surface area (Å²) in [4.78, 5) is 14.1. The summed E-state index contributed by atoms with van der Waals surface area (Å²) in [5.41, 5.74) is 0. The molecule has 0 spiro atoms. The van der Waals surface area contributed by atoms with Crippen molar-refractivity contribution in [3.63, 3.8) is 0 Å². The number of benzene rings is 1. The van der Waals surface area contributed by atoms with Crippen molar-refractivity contribution in [3.05, 3.63) is 30.3 Å². The van der Waals surface area contributed by atoms with Crippen molar-refractivity contribution in [1.29, 1.82) is 0 Å². The highest BCUT2D eigenvalue weighted by molar-refractivity contribution is 5.80. The molecular weight excluding hydrogens is 240 g/mol. The lowest BCUT2D eigenvalue weighted by atomic mass is 9.99. The standard InChI is InChI=1S/C15H20N2O2/c18-15(12-10-16-11-12)17-8-6-14(7-9-17)19-13-4-2-1-3-5-13/h1-5,12,14,16H,6-11H2. The van der Waals surface area contributed by atoms with Crippen LogP contribution in [-0.4, -0.2) is 43.1 Å². The molecule has 4 heteroatoms. The van der Waals surface area contributed by atoms with E-state index in [0.717, 1.165) is 44.8 Å². The number of likely N-dealkylation sites (tertiary alicyclic amines) is 1. The molecule has 3 rings (SSSR count). The van der Waals surface area contributed by atoms with Crippen molar-refractivity contribution in [1.82, 2.24) is 10.2 Å². The van der Waals surface area contributed by atoms with Crippen molar-refractivity contribution in [2.45, 2.75) is 18.9 Å². The second-order valence-electron chi connectivity index (χ2n) is 5.31. The molecule has 1 aromatic rings. The molecule has 2 saturated heterocycles. The number of hydrogen-bond donors (Lipinski definition) is 1. The average molecular weight is 260 g/mol. The van der Waals surface area contributed by atoms with Gasteiger partial charge in [0.2, 0.25) is 5.91 Å². The highest BCUT2D eigenvalue weighted by Crippen LogP contribution is 2.20. The molecule has 102 valence electrons. The lowest BCUT2D eigenvalue weighted by Gasteiger charge is -2.36. The lowest BCUT2D eigenvalue weighted by molar-refractivity contribution is -0.138. The minimum Gasteiger partial charge on any atom is -0.490 e. The largest absolute Gasteiger partial charge is 0.490 e. The van der Waals surface area contributed by atoms with Crippen LogP contribution in [-0.2, 0) is 4.79 Å². The first-order valence-corrected chi connectivity index (χ1v) is 7.04. The summed E-state index contributed by atoms with van der Waals surface area (Å²) in [5, 5.41) is 3.15. The minimum atomic E-state index is 0.214.